The largest absolute Gasteiger partial charge is 0.381 e. The zero-order valence-electron chi connectivity index (χ0n) is 25.5. The fourth-order valence-electron chi connectivity index (χ4n) is 5.39. The second kappa shape index (κ2) is 14.1. The van der Waals surface area contributed by atoms with Gasteiger partial charge in [0, 0.05) is 17.8 Å². The van der Waals surface area contributed by atoms with E-state index in [-0.39, 0.29) is 18.2 Å². The third-order valence-corrected chi connectivity index (χ3v) is 9.35. The highest BCUT2D eigenvalue weighted by molar-refractivity contribution is 8.00. The van der Waals surface area contributed by atoms with Gasteiger partial charge < -0.3 is 26.0 Å². The summed E-state index contributed by atoms with van der Waals surface area (Å²) in [6.07, 6.45) is -1.33. The van der Waals surface area contributed by atoms with Crippen molar-refractivity contribution >= 4 is 29.6 Å². The fourth-order valence-corrected chi connectivity index (χ4v) is 6.53. The van der Waals surface area contributed by atoms with Gasteiger partial charge in [-0.2, -0.15) is 0 Å². The van der Waals surface area contributed by atoms with E-state index in [2.05, 4.69) is 22.0 Å². The molecule has 1 saturated heterocycles. The average molecular weight is 603 g/mol. The molecule has 4 rings (SSSR count). The molecule has 3 aromatic carbocycles. The molecule has 43 heavy (non-hydrogen) atoms. The van der Waals surface area contributed by atoms with E-state index in [1.165, 1.54) is 16.7 Å². The number of thioether (sulfide) groups is 1. The zero-order valence-corrected chi connectivity index (χ0v) is 26.3. The lowest BCUT2D eigenvalue weighted by Gasteiger charge is -2.33. The predicted molar refractivity (Wildman–Crippen MR) is 171 cm³/mol. The molecule has 0 bridgehead atoms. The predicted octanol–water partition coefficient (Wildman–Crippen LogP) is 4.38. The first-order valence-corrected chi connectivity index (χ1v) is 15.5. The second-order valence-corrected chi connectivity index (χ2v) is 13.3. The molecule has 9 heteroatoms. The maximum atomic E-state index is 13.9. The van der Waals surface area contributed by atoms with E-state index in [0.717, 1.165) is 33.4 Å². The van der Waals surface area contributed by atoms with Gasteiger partial charge in [0.05, 0.1) is 11.9 Å². The highest BCUT2D eigenvalue weighted by atomic mass is 32.2. The Balaban J connectivity index is 1.48. The van der Waals surface area contributed by atoms with Crippen LogP contribution in [-0.4, -0.2) is 56.7 Å². The number of benzene rings is 3. The van der Waals surface area contributed by atoms with Crippen LogP contribution in [0.25, 0.3) is 0 Å². The highest BCUT2D eigenvalue weighted by Crippen LogP contribution is 2.40. The number of amides is 4. The molecule has 0 radical (unpaired) electrons. The Morgan fingerprint density at radius 3 is 2.26 bits per heavy atom. The summed E-state index contributed by atoms with van der Waals surface area (Å²) in [4.78, 5) is 41.8. The van der Waals surface area contributed by atoms with Crippen LogP contribution in [0.3, 0.4) is 0 Å². The van der Waals surface area contributed by atoms with Crippen molar-refractivity contribution in [3.63, 3.8) is 0 Å². The summed E-state index contributed by atoms with van der Waals surface area (Å²) in [5.41, 5.74) is 6.11. The molecule has 0 aromatic heterocycles. The minimum atomic E-state index is -1.56. The van der Waals surface area contributed by atoms with Crippen LogP contribution in [0, 0.1) is 20.8 Å². The zero-order chi connectivity index (χ0) is 31.1. The third-order valence-electron chi connectivity index (χ3n) is 7.98. The topological polar surface area (TPSA) is 111 Å². The summed E-state index contributed by atoms with van der Waals surface area (Å²) >= 11 is 1.49. The fraction of sp³-hybridized carbons (Fsp3) is 0.382. The Kier molecular flexibility index (Phi) is 10.5. The third kappa shape index (κ3) is 8.18. The maximum Gasteiger partial charge on any atom is 0.315 e. The summed E-state index contributed by atoms with van der Waals surface area (Å²) in [5.74, 6) is -0.621. The van der Waals surface area contributed by atoms with Gasteiger partial charge in [0.15, 0.2) is 6.10 Å². The van der Waals surface area contributed by atoms with Crippen LogP contribution < -0.4 is 16.0 Å². The summed E-state index contributed by atoms with van der Waals surface area (Å²) in [7, 11) is 0. The van der Waals surface area contributed by atoms with Crippen molar-refractivity contribution in [2.45, 2.75) is 77.1 Å². The number of aliphatic hydroxyl groups excluding tert-OH is 1. The Labute approximate surface area is 258 Å². The van der Waals surface area contributed by atoms with Crippen LogP contribution in [0.5, 0.6) is 0 Å². The van der Waals surface area contributed by atoms with E-state index in [4.69, 9.17) is 0 Å². The Hall–Kier alpha value is -3.82. The first-order chi connectivity index (χ1) is 20.5. The maximum absolute atomic E-state index is 13.9. The molecular weight excluding hydrogens is 560 g/mol. The molecule has 4 amide bonds. The molecule has 1 aliphatic rings. The van der Waals surface area contributed by atoms with E-state index in [1.54, 1.807) is 0 Å². The van der Waals surface area contributed by atoms with Crippen molar-refractivity contribution in [2.75, 3.05) is 5.88 Å². The first-order valence-electron chi connectivity index (χ1n) is 14.6. The van der Waals surface area contributed by atoms with E-state index in [1.807, 2.05) is 101 Å². The van der Waals surface area contributed by atoms with Crippen LogP contribution >= 0.6 is 11.8 Å². The molecule has 3 unspecified atom stereocenters. The summed E-state index contributed by atoms with van der Waals surface area (Å²) in [5, 5.41) is 20.1. The van der Waals surface area contributed by atoms with Crippen LogP contribution in [0.4, 0.5) is 4.79 Å². The van der Waals surface area contributed by atoms with Crippen LogP contribution in [-0.2, 0) is 29.1 Å². The SMILES string of the molecule is Cc1ccc(CNC(=O)NC(Cc2ccccc2)C(O)C(=O)N2CSC(C)(C)C2C(=O)NCc2ccccc2C)c(C)c1. The minimum Gasteiger partial charge on any atom is -0.381 e. The molecule has 0 spiro atoms. The lowest BCUT2D eigenvalue weighted by atomic mass is 9.97. The lowest BCUT2D eigenvalue weighted by Crippen LogP contribution is -2.59. The number of carbonyl (C=O) groups excluding carboxylic acids is 3. The summed E-state index contributed by atoms with van der Waals surface area (Å²) in [6.45, 7) is 10.5. The normalized spacial score (nSPS) is 17.2. The van der Waals surface area contributed by atoms with E-state index in [9.17, 15) is 19.5 Å². The van der Waals surface area contributed by atoms with E-state index >= 15 is 0 Å². The number of urea groups is 1. The van der Waals surface area contributed by atoms with Crippen LogP contribution in [0.1, 0.15) is 47.2 Å². The monoisotopic (exact) mass is 602 g/mol. The molecule has 4 N–H and O–H groups in total. The number of rotatable bonds is 10. The molecule has 0 saturated carbocycles. The number of carbonyl (C=O) groups is 3. The number of nitrogens with zero attached hydrogens (tertiary/aromatic N) is 1. The van der Waals surface area contributed by atoms with E-state index in [0.29, 0.717) is 13.1 Å². The van der Waals surface area contributed by atoms with Gasteiger partial charge in [-0.05, 0) is 68.9 Å². The molecular formula is C34H42N4O4S. The van der Waals surface area contributed by atoms with Gasteiger partial charge in [0.1, 0.15) is 6.04 Å². The molecule has 0 aliphatic carbocycles. The number of hydrogen-bond acceptors (Lipinski definition) is 5. The van der Waals surface area contributed by atoms with Gasteiger partial charge >= 0.3 is 6.03 Å². The number of hydrogen-bond donors (Lipinski definition) is 4. The quantitative estimate of drug-likeness (QED) is 0.275. The molecule has 1 fully saturated rings. The smallest absolute Gasteiger partial charge is 0.315 e. The Bertz CT molecular complexity index is 1450. The van der Waals surface area contributed by atoms with Gasteiger partial charge in [0.2, 0.25) is 5.91 Å². The highest BCUT2D eigenvalue weighted by Gasteiger charge is 2.49. The van der Waals surface area contributed by atoms with Crippen molar-refractivity contribution < 1.29 is 19.5 Å². The van der Waals surface area contributed by atoms with Gasteiger partial charge in [0.25, 0.3) is 5.91 Å². The first kappa shape index (κ1) is 32.1. The summed E-state index contributed by atoms with van der Waals surface area (Å²) in [6, 6.07) is 21.0. The molecule has 3 atom stereocenters. The van der Waals surface area contributed by atoms with Gasteiger partial charge in [-0.15, -0.1) is 11.8 Å². The molecule has 228 valence electrons. The van der Waals surface area contributed by atoms with Gasteiger partial charge in [-0.3, -0.25) is 9.59 Å². The van der Waals surface area contributed by atoms with Crippen molar-refractivity contribution in [3.05, 3.63) is 106 Å². The number of nitrogens with one attached hydrogen (secondary N) is 3. The number of aliphatic hydroxyl groups is 1. The van der Waals surface area contributed by atoms with E-state index < -0.39 is 34.9 Å². The molecule has 1 aliphatic heterocycles. The lowest BCUT2D eigenvalue weighted by molar-refractivity contribution is -0.147. The van der Waals surface area contributed by atoms with Crippen molar-refractivity contribution in [1.29, 1.82) is 0 Å². The van der Waals surface area contributed by atoms with Crippen molar-refractivity contribution in [2.24, 2.45) is 0 Å². The molecule has 3 aromatic rings. The Morgan fingerprint density at radius 2 is 1.56 bits per heavy atom. The van der Waals surface area contributed by atoms with Gasteiger partial charge in [-0.1, -0.05) is 78.4 Å². The molecule has 1 heterocycles. The second-order valence-electron chi connectivity index (χ2n) is 11.7. The summed E-state index contributed by atoms with van der Waals surface area (Å²) < 4.78 is -0.573. The van der Waals surface area contributed by atoms with Crippen molar-refractivity contribution in [1.82, 2.24) is 20.9 Å². The van der Waals surface area contributed by atoms with Crippen LogP contribution in [0.2, 0.25) is 0 Å². The standard InChI is InChI=1S/C34H42N4O4S/c1-22-15-16-27(24(3)17-22)20-36-33(42)37-28(18-25-12-7-6-8-13-25)29(39)32(41)38-21-43-34(4,5)30(38)31(40)35-19-26-14-10-9-11-23(26)2/h6-17,28-30,39H,18-21H2,1-5H3,(H,35,40)(H2,36,37,42). The minimum absolute atomic E-state index is 0.235. The molecule has 8 nitrogen and oxygen atoms in total. The van der Waals surface area contributed by atoms with Gasteiger partial charge in [-0.25, -0.2) is 4.79 Å². The Morgan fingerprint density at radius 1 is 0.907 bits per heavy atom. The number of aryl methyl sites for hydroxylation is 3. The van der Waals surface area contributed by atoms with Crippen molar-refractivity contribution in [3.8, 4) is 0 Å². The van der Waals surface area contributed by atoms with Crippen LogP contribution in [0.15, 0.2) is 72.8 Å². The average Bonchev–Trinajstić information content (AvgIpc) is 3.30.